The van der Waals surface area contributed by atoms with E-state index in [4.69, 9.17) is 5.11 Å². The molecule has 0 amide bonds. The van der Waals surface area contributed by atoms with Crippen molar-refractivity contribution in [1.29, 1.82) is 0 Å². The topological polar surface area (TPSA) is 37.3 Å². The average molecular weight is 384 g/mol. The molecule has 0 saturated carbocycles. The molecule has 2 nitrogen and oxygen atoms in total. The normalized spacial score (nSPS) is 12.6. The average Bonchev–Trinajstić information content (AvgIpc) is 2.13. The summed E-state index contributed by atoms with van der Waals surface area (Å²) in [6.07, 6.45) is -10.1. The molecule has 0 aliphatic heterocycles. The number of aromatic carboxylic acids is 1. The van der Waals surface area contributed by atoms with Gasteiger partial charge in [0.25, 0.3) is 0 Å². The Kier molecular flexibility index (Phi) is 3.84. The Morgan fingerprint density at radius 3 is 1.89 bits per heavy atom. The Balaban J connectivity index is 3.63. The Morgan fingerprint density at radius 1 is 1.06 bits per heavy atom. The van der Waals surface area contributed by atoms with Crippen LogP contribution in [0.15, 0.2) is 12.1 Å². The molecule has 1 rings (SSSR count). The number of rotatable bonds is 1. The van der Waals surface area contributed by atoms with Crippen molar-refractivity contribution in [3.8, 4) is 0 Å². The van der Waals surface area contributed by atoms with E-state index < -0.39 is 38.6 Å². The van der Waals surface area contributed by atoms with Gasteiger partial charge in [0.2, 0.25) is 0 Å². The van der Waals surface area contributed by atoms with Crippen molar-refractivity contribution in [3.63, 3.8) is 0 Å². The fourth-order valence-corrected chi connectivity index (χ4v) is 2.00. The van der Waals surface area contributed by atoms with Crippen molar-refractivity contribution in [1.82, 2.24) is 0 Å². The van der Waals surface area contributed by atoms with Crippen LogP contribution in [0.25, 0.3) is 0 Å². The highest BCUT2D eigenvalue weighted by Gasteiger charge is 2.39. The molecule has 0 aliphatic carbocycles. The van der Waals surface area contributed by atoms with Crippen LogP contribution >= 0.6 is 22.6 Å². The van der Waals surface area contributed by atoms with E-state index in [-0.39, 0.29) is 12.1 Å². The number of carboxylic acids is 1. The van der Waals surface area contributed by atoms with Gasteiger partial charge in [0.15, 0.2) is 0 Å². The molecule has 0 heterocycles. The predicted molar refractivity (Wildman–Crippen MR) is 56.1 cm³/mol. The summed E-state index contributed by atoms with van der Waals surface area (Å²) in [7, 11) is 0. The van der Waals surface area contributed by atoms with Crippen LogP contribution in [0.1, 0.15) is 21.5 Å². The zero-order chi connectivity index (χ0) is 14.3. The summed E-state index contributed by atoms with van der Waals surface area (Å²) in [5, 5.41) is 8.61. The van der Waals surface area contributed by atoms with Gasteiger partial charge in [-0.15, -0.1) is 0 Å². The van der Waals surface area contributed by atoms with Crippen LogP contribution in [0.4, 0.5) is 26.3 Å². The van der Waals surface area contributed by atoms with Crippen LogP contribution in [-0.2, 0) is 12.4 Å². The highest BCUT2D eigenvalue weighted by molar-refractivity contribution is 14.1. The minimum absolute atomic E-state index is 0.103. The first-order chi connectivity index (χ1) is 7.94. The lowest BCUT2D eigenvalue weighted by atomic mass is 10.0. The predicted octanol–water partition coefficient (Wildman–Crippen LogP) is 4.03. The molecule has 0 unspecified atom stereocenters. The van der Waals surface area contributed by atoms with E-state index in [0.29, 0.717) is 0 Å². The second-order valence-electron chi connectivity index (χ2n) is 3.19. The van der Waals surface area contributed by atoms with Crippen molar-refractivity contribution in [2.45, 2.75) is 12.4 Å². The smallest absolute Gasteiger partial charge is 0.417 e. The minimum Gasteiger partial charge on any atom is -0.478 e. The largest absolute Gasteiger partial charge is 0.478 e. The molecule has 9 heteroatoms. The van der Waals surface area contributed by atoms with Gasteiger partial charge in [0.1, 0.15) is 0 Å². The van der Waals surface area contributed by atoms with Crippen LogP contribution in [0.5, 0.6) is 0 Å². The van der Waals surface area contributed by atoms with Crippen LogP contribution in [-0.4, -0.2) is 11.1 Å². The van der Waals surface area contributed by atoms with Crippen molar-refractivity contribution in [2.75, 3.05) is 0 Å². The van der Waals surface area contributed by atoms with Gasteiger partial charge in [-0.1, -0.05) is 0 Å². The van der Waals surface area contributed by atoms with E-state index in [9.17, 15) is 31.1 Å². The number of hydrogen-bond acceptors (Lipinski definition) is 1. The maximum absolute atomic E-state index is 12.5. The van der Waals surface area contributed by atoms with Crippen molar-refractivity contribution < 1.29 is 36.2 Å². The van der Waals surface area contributed by atoms with Gasteiger partial charge in [0, 0.05) is 3.57 Å². The Morgan fingerprint density at radius 2 is 1.56 bits per heavy atom. The number of carbonyl (C=O) groups is 1. The maximum Gasteiger partial charge on any atom is 0.417 e. The number of alkyl halides is 6. The molecule has 0 radical (unpaired) electrons. The number of benzene rings is 1. The molecule has 0 fully saturated rings. The third-order valence-corrected chi connectivity index (χ3v) is 3.10. The first-order valence-electron chi connectivity index (χ1n) is 4.16. The van der Waals surface area contributed by atoms with E-state index in [1.54, 1.807) is 0 Å². The van der Waals surface area contributed by atoms with Crippen LogP contribution in [0, 0.1) is 3.57 Å². The minimum atomic E-state index is -5.05. The van der Waals surface area contributed by atoms with Crippen molar-refractivity contribution in [3.05, 3.63) is 32.4 Å². The van der Waals surface area contributed by atoms with Crippen molar-refractivity contribution in [2.24, 2.45) is 0 Å². The van der Waals surface area contributed by atoms with E-state index in [2.05, 4.69) is 0 Å². The molecule has 0 spiro atoms. The lowest BCUT2D eigenvalue weighted by Gasteiger charge is -2.15. The third-order valence-electron chi connectivity index (χ3n) is 1.94. The molecule has 0 atom stereocenters. The summed E-state index contributed by atoms with van der Waals surface area (Å²) >= 11 is 1.06. The van der Waals surface area contributed by atoms with Gasteiger partial charge in [-0.3, -0.25) is 0 Å². The molecular formula is C9H3F6IO2. The Labute approximate surface area is 110 Å². The van der Waals surface area contributed by atoms with Gasteiger partial charge in [-0.05, 0) is 34.7 Å². The second-order valence-corrected chi connectivity index (χ2v) is 4.26. The summed E-state index contributed by atoms with van der Waals surface area (Å²) in [4.78, 5) is 10.6. The van der Waals surface area contributed by atoms with Gasteiger partial charge < -0.3 is 5.11 Å². The SMILES string of the molecule is O=C(O)c1cc(C(F)(F)F)cc(C(F)(F)F)c1I. The highest BCUT2D eigenvalue weighted by atomic mass is 127. The van der Waals surface area contributed by atoms with Crippen LogP contribution < -0.4 is 0 Å². The molecule has 0 aromatic heterocycles. The molecule has 0 saturated heterocycles. The number of hydrogen-bond donors (Lipinski definition) is 1. The molecule has 1 N–H and O–H groups in total. The lowest BCUT2D eigenvalue weighted by Crippen LogP contribution is -2.16. The zero-order valence-electron chi connectivity index (χ0n) is 8.16. The zero-order valence-corrected chi connectivity index (χ0v) is 10.3. The number of carboxylic acid groups (broad SMARTS) is 1. The van der Waals surface area contributed by atoms with Gasteiger partial charge in [-0.2, -0.15) is 26.3 Å². The number of halogens is 7. The summed E-state index contributed by atoms with van der Waals surface area (Å²) in [6, 6.07) is 0.0769. The first kappa shape index (κ1) is 15.1. The maximum atomic E-state index is 12.5. The van der Waals surface area contributed by atoms with E-state index in [1.165, 1.54) is 0 Å². The molecule has 18 heavy (non-hydrogen) atoms. The Bertz CT molecular complexity index is 491. The summed E-state index contributed by atoms with van der Waals surface area (Å²) in [5.41, 5.74) is -4.29. The van der Waals surface area contributed by atoms with Gasteiger partial charge in [0.05, 0.1) is 16.7 Å². The summed E-state index contributed by atoms with van der Waals surface area (Å²) in [5.74, 6) is -1.85. The van der Waals surface area contributed by atoms with Crippen LogP contribution in [0.3, 0.4) is 0 Å². The van der Waals surface area contributed by atoms with Crippen molar-refractivity contribution >= 4 is 28.6 Å². The fraction of sp³-hybridized carbons (Fsp3) is 0.222. The quantitative estimate of drug-likeness (QED) is 0.587. The van der Waals surface area contributed by atoms with Gasteiger partial charge >= 0.3 is 18.3 Å². The molecule has 1 aromatic rings. The van der Waals surface area contributed by atoms with E-state index >= 15 is 0 Å². The highest BCUT2D eigenvalue weighted by Crippen LogP contribution is 2.39. The molecule has 100 valence electrons. The van der Waals surface area contributed by atoms with E-state index in [1.807, 2.05) is 0 Å². The third kappa shape index (κ3) is 3.06. The standard InChI is InChI=1S/C9H3F6IO2/c10-8(11,12)3-1-4(7(17)18)6(16)5(2-3)9(13,14)15/h1-2H,(H,17,18). The molecule has 1 aromatic carbocycles. The molecule has 0 aliphatic rings. The first-order valence-corrected chi connectivity index (χ1v) is 5.23. The molecular weight excluding hydrogens is 381 g/mol. The second kappa shape index (κ2) is 4.59. The van der Waals surface area contributed by atoms with Crippen LogP contribution in [0.2, 0.25) is 0 Å². The Hall–Kier alpha value is -1.00. The van der Waals surface area contributed by atoms with Gasteiger partial charge in [-0.25, -0.2) is 4.79 Å². The summed E-state index contributed by atoms with van der Waals surface area (Å²) in [6.45, 7) is 0. The monoisotopic (exact) mass is 384 g/mol. The summed E-state index contributed by atoms with van der Waals surface area (Å²) < 4.78 is 73.8. The fourth-order valence-electron chi connectivity index (χ4n) is 1.15. The van der Waals surface area contributed by atoms with E-state index in [0.717, 1.165) is 22.6 Å². The lowest BCUT2D eigenvalue weighted by molar-refractivity contribution is -0.143. The molecule has 0 bridgehead atoms.